The van der Waals surface area contributed by atoms with Crippen LogP contribution in [0, 0.1) is 12.3 Å². The Bertz CT molecular complexity index is 223. The van der Waals surface area contributed by atoms with Gasteiger partial charge in [0.15, 0.2) is 6.39 Å². The van der Waals surface area contributed by atoms with Gasteiger partial charge >= 0.3 is 0 Å². The number of terminal acetylenes is 1. The van der Waals surface area contributed by atoms with Crippen LogP contribution in [0.4, 0.5) is 0 Å². The smallest absolute Gasteiger partial charge is 0.180 e. The molecule has 3 heteroatoms. The second-order valence-corrected chi connectivity index (χ2v) is 2.10. The highest BCUT2D eigenvalue weighted by molar-refractivity contribution is 4.88. The standard InChI is InChI=1S/C8H10N2O/c1-2-3-4-9-5-8-6-10-7-11-8/h1,6-7,9H,3-5H2. The molecule has 0 spiro atoms. The average Bonchev–Trinajstić information content (AvgIpc) is 2.50. The summed E-state index contributed by atoms with van der Waals surface area (Å²) in [5, 5.41) is 3.11. The summed E-state index contributed by atoms with van der Waals surface area (Å²) in [7, 11) is 0. The van der Waals surface area contributed by atoms with E-state index in [4.69, 9.17) is 10.8 Å². The molecule has 0 aliphatic heterocycles. The minimum Gasteiger partial charge on any atom is -0.447 e. The first-order chi connectivity index (χ1) is 5.43. The molecule has 0 saturated heterocycles. The van der Waals surface area contributed by atoms with Crippen molar-refractivity contribution in [3.05, 3.63) is 18.4 Å². The summed E-state index contributed by atoms with van der Waals surface area (Å²) in [6.45, 7) is 1.51. The third-order valence-electron chi connectivity index (χ3n) is 1.23. The van der Waals surface area contributed by atoms with E-state index in [-0.39, 0.29) is 0 Å². The maximum Gasteiger partial charge on any atom is 0.180 e. The van der Waals surface area contributed by atoms with Crippen molar-refractivity contribution in [1.29, 1.82) is 0 Å². The molecule has 0 aromatic carbocycles. The summed E-state index contributed by atoms with van der Waals surface area (Å²) in [6, 6.07) is 0. The van der Waals surface area contributed by atoms with Crippen molar-refractivity contribution in [2.24, 2.45) is 0 Å². The predicted octanol–water partition coefficient (Wildman–Crippen LogP) is 0.788. The molecule has 0 aliphatic rings. The third-order valence-corrected chi connectivity index (χ3v) is 1.23. The van der Waals surface area contributed by atoms with Crippen LogP contribution in [0.1, 0.15) is 12.2 Å². The van der Waals surface area contributed by atoms with Gasteiger partial charge in [0.25, 0.3) is 0 Å². The number of hydrogen-bond donors (Lipinski definition) is 1. The first kappa shape index (κ1) is 7.83. The molecule has 1 heterocycles. The Morgan fingerprint density at radius 1 is 1.73 bits per heavy atom. The normalized spacial score (nSPS) is 9.36. The van der Waals surface area contributed by atoms with Crippen LogP contribution in [-0.2, 0) is 6.54 Å². The topological polar surface area (TPSA) is 38.1 Å². The highest BCUT2D eigenvalue weighted by Crippen LogP contribution is 1.94. The largest absolute Gasteiger partial charge is 0.447 e. The van der Waals surface area contributed by atoms with Gasteiger partial charge in [-0.15, -0.1) is 12.3 Å². The molecule has 0 saturated carbocycles. The number of hydrogen-bond acceptors (Lipinski definition) is 3. The predicted molar refractivity (Wildman–Crippen MR) is 41.7 cm³/mol. The Kier molecular flexibility index (Phi) is 3.23. The lowest BCUT2D eigenvalue weighted by atomic mass is 10.4. The van der Waals surface area contributed by atoms with Crippen LogP contribution < -0.4 is 5.32 Å². The molecule has 1 aromatic heterocycles. The second kappa shape index (κ2) is 4.53. The van der Waals surface area contributed by atoms with Gasteiger partial charge in [0.2, 0.25) is 0 Å². The first-order valence-corrected chi connectivity index (χ1v) is 3.45. The molecular weight excluding hydrogens is 140 g/mol. The second-order valence-electron chi connectivity index (χ2n) is 2.10. The fourth-order valence-electron chi connectivity index (χ4n) is 0.702. The number of rotatable bonds is 4. The van der Waals surface area contributed by atoms with Crippen molar-refractivity contribution < 1.29 is 4.42 Å². The van der Waals surface area contributed by atoms with Crippen molar-refractivity contribution in [2.75, 3.05) is 6.54 Å². The molecule has 0 aliphatic carbocycles. The molecule has 58 valence electrons. The molecule has 1 N–H and O–H groups in total. The molecule has 0 atom stereocenters. The summed E-state index contributed by atoms with van der Waals surface area (Å²) in [5.74, 6) is 3.37. The fourth-order valence-corrected chi connectivity index (χ4v) is 0.702. The molecule has 0 bridgehead atoms. The molecule has 0 amide bonds. The van der Waals surface area contributed by atoms with E-state index >= 15 is 0 Å². The summed E-state index contributed by atoms with van der Waals surface area (Å²) >= 11 is 0. The lowest BCUT2D eigenvalue weighted by Crippen LogP contribution is -2.13. The minimum absolute atomic E-state index is 0.696. The van der Waals surface area contributed by atoms with Crippen LogP contribution in [0.2, 0.25) is 0 Å². The van der Waals surface area contributed by atoms with E-state index in [0.29, 0.717) is 6.54 Å². The van der Waals surface area contributed by atoms with E-state index in [1.54, 1.807) is 6.20 Å². The van der Waals surface area contributed by atoms with E-state index in [1.165, 1.54) is 6.39 Å². The van der Waals surface area contributed by atoms with Crippen molar-refractivity contribution in [2.45, 2.75) is 13.0 Å². The van der Waals surface area contributed by atoms with Crippen LogP contribution >= 0.6 is 0 Å². The summed E-state index contributed by atoms with van der Waals surface area (Å²) in [5.41, 5.74) is 0. The zero-order valence-electron chi connectivity index (χ0n) is 6.21. The van der Waals surface area contributed by atoms with Crippen LogP contribution in [0.5, 0.6) is 0 Å². The number of nitrogens with one attached hydrogen (secondary N) is 1. The molecule has 0 fully saturated rings. The van der Waals surface area contributed by atoms with Gasteiger partial charge in [-0.2, -0.15) is 0 Å². The summed E-state index contributed by atoms with van der Waals surface area (Å²) < 4.78 is 4.99. The Balaban J connectivity index is 2.10. The van der Waals surface area contributed by atoms with Gasteiger partial charge in [-0.25, -0.2) is 4.98 Å². The first-order valence-electron chi connectivity index (χ1n) is 3.45. The molecular formula is C8H10N2O. The Morgan fingerprint density at radius 2 is 2.64 bits per heavy atom. The number of aromatic nitrogens is 1. The van der Waals surface area contributed by atoms with E-state index in [2.05, 4.69) is 16.2 Å². The zero-order chi connectivity index (χ0) is 7.94. The quantitative estimate of drug-likeness (QED) is 0.509. The van der Waals surface area contributed by atoms with Crippen LogP contribution in [-0.4, -0.2) is 11.5 Å². The molecule has 0 radical (unpaired) electrons. The Labute approximate surface area is 65.8 Å². The van der Waals surface area contributed by atoms with Crippen molar-refractivity contribution in [3.63, 3.8) is 0 Å². The monoisotopic (exact) mass is 150 g/mol. The van der Waals surface area contributed by atoms with Gasteiger partial charge in [0.05, 0.1) is 12.7 Å². The van der Waals surface area contributed by atoms with E-state index in [1.807, 2.05) is 0 Å². The molecule has 1 aromatic rings. The van der Waals surface area contributed by atoms with Gasteiger partial charge in [-0.05, 0) is 0 Å². The third kappa shape index (κ3) is 2.87. The van der Waals surface area contributed by atoms with Gasteiger partial charge in [-0.1, -0.05) is 0 Å². The van der Waals surface area contributed by atoms with E-state index in [0.717, 1.165) is 18.7 Å². The van der Waals surface area contributed by atoms with Crippen LogP contribution in [0.15, 0.2) is 17.0 Å². The fraction of sp³-hybridized carbons (Fsp3) is 0.375. The number of oxazole rings is 1. The lowest BCUT2D eigenvalue weighted by molar-refractivity contribution is 0.481. The van der Waals surface area contributed by atoms with Crippen molar-refractivity contribution in [1.82, 2.24) is 10.3 Å². The summed E-state index contributed by atoms with van der Waals surface area (Å²) in [4.78, 5) is 3.77. The minimum atomic E-state index is 0.696. The van der Waals surface area contributed by atoms with Gasteiger partial charge in [-0.3, -0.25) is 0 Å². The highest BCUT2D eigenvalue weighted by Gasteiger charge is 1.92. The lowest BCUT2D eigenvalue weighted by Gasteiger charge is -1.96. The molecule has 3 nitrogen and oxygen atoms in total. The van der Waals surface area contributed by atoms with Crippen LogP contribution in [0.25, 0.3) is 0 Å². The zero-order valence-corrected chi connectivity index (χ0v) is 6.21. The highest BCUT2D eigenvalue weighted by atomic mass is 16.3. The summed E-state index contributed by atoms with van der Waals surface area (Å²) in [6.07, 6.45) is 8.90. The van der Waals surface area contributed by atoms with Gasteiger partial charge in [0.1, 0.15) is 5.76 Å². The Morgan fingerprint density at radius 3 is 3.27 bits per heavy atom. The molecule has 0 unspecified atom stereocenters. The van der Waals surface area contributed by atoms with E-state index in [9.17, 15) is 0 Å². The SMILES string of the molecule is C#CCCNCc1cnco1. The average molecular weight is 150 g/mol. The number of nitrogens with zero attached hydrogens (tertiary/aromatic N) is 1. The van der Waals surface area contributed by atoms with Gasteiger partial charge < -0.3 is 9.73 Å². The van der Waals surface area contributed by atoms with Crippen molar-refractivity contribution >= 4 is 0 Å². The Hall–Kier alpha value is -1.27. The van der Waals surface area contributed by atoms with Gasteiger partial charge in [0, 0.05) is 13.0 Å². The molecule has 1 rings (SSSR count). The van der Waals surface area contributed by atoms with Crippen LogP contribution in [0.3, 0.4) is 0 Å². The van der Waals surface area contributed by atoms with Crippen molar-refractivity contribution in [3.8, 4) is 12.3 Å². The maximum absolute atomic E-state index is 5.06. The maximum atomic E-state index is 5.06. The van der Waals surface area contributed by atoms with E-state index < -0.39 is 0 Å². The molecule has 11 heavy (non-hydrogen) atoms.